The molecule has 1 aliphatic rings. The van der Waals surface area contributed by atoms with E-state index in [4.69, 9.17) is 9.40 Å². The van der Waals surface area contributed by atoms with Crippen LogP contribution in [0, 0.1) is 0 Å². The van der Waals surface area contributed by atoms with Crippen molar-refractivity contribution in [1.29, 1.82) is 0 Å². The molecule has 0 saturated carbocycles. The monoisotopic (exact) mass is 479 g/mol. The number of nitrogens with zero attached hydrogens (tertiary/aromatic N) is 2. The summed E-state index contributed by atoms with van der Waals surface area (Å²) in [5.74, 6) is 2.19. The molecule has 8 heteroatoms. The number of hydrogen-bond donors (Lipinski definition) is 1. The minimum Gasteiger partial charge on any atom is -0.467 e. The third kappa shape index (κ3) is 5.07. The molecule has 0 bridgehead atoms. The number of amides is 1. The molecule has 4 aromatic rings. The standard InChI is InChI=1S/C25H25N3O3S2/c29-22(28(14-18-9-6-12-31-18)13-17-7-2-1-3-8-17)16-32-15-21-26-24(30)23-19-10-4-5-11-20(19)33-25(23)27-21/h1-3,6-9,12H,4-5,10-11,13-16H2,(H,26,27,30). The van der Waals surface area contributed by atoms with E-state index in [1.54, 1.807) is 22.5 Å². The molecular formula is C25H25N3O3S2. The molecule has 33 heavy (non-hydrogen) atoms. The number of carbonyl (C=O) groups excluding carboxylic acids is 1. The van der Waals surface area contributed by atoms with E-state index in [-0.39, 0.29) is 11.5 Å². The van der Waals surface area contributed by atoms with Gasteiger partial charge in [0.1, 0.15) is 16.4 Å². The van der Waals surface area contributed by atoms with Crippen LogP contribution < -0.4 is 5.56 Å². The van der Waals surface area contributed by atoms with Gasteiger partial charge in [-0.1, -0.05) is 30.3 Å². The molecule has 3 heterocycles. The number of aryl methyl sites for hydroxylation is 2. The summed E-state index contributed by atoms with van der Waals surface area (Å²) >= 11 is 3.12. The number of carbonyl (C=O) groups is 1. The zero-order valence-corrected chi connectivity index (χ0v) is 19.8. The van der Waals surface area contributed by atoms with Crippen LogP contribution in [-0.2, 0) is 36.5 Å². The minimum absolute atomic E-state index is 0.0234. The summed E-state index contributed by atoms with van der Waals surface area (Å²) in [6, 6.07) is 13.6. The van der Waals surface area contributed by atoms with E-state index in [2.05, 4.69) is 4.98 Å². The molecule has 0 spiro atoms. The highest BCUT2D eigenvalue weighted by Gasteiger charge is 2.20. The number of thiophene rings is 1. The summed E-state index contributed by atoms with van der Waals surface area (Å²) in [5.41, 5.74) is 2.21. The van der Waals surface area contributed by atoms with Crippen LogP contribution in [-0.4, -0.2) is 26.5 Å². The van der Waals surface area contributed by atoms with Crippen molar-refractivity contribution in [3.8, 4) is 0 Å². The Balaban J connectivity index is 1.26. The van der Waals surface area contributed by atoms with Crippen molar-refractivity contribution in [2.24, 2.45) is 0 Å². The zero-order valence-electron chi connectivity index (χ0n) is 18.2. The van der Waals surface area contributed by atoms with Gasteiger partial charge in [0.05, 0.1) is 29.7 Å². The van der Waals surface area contributed by atoms with Gasteiger partial charge in [0.2, 0.25) is 5.91 Å². The first kappa shape index (κ1) is 22.0. The van der Waals surface area contributed by atoms with Crippen molar-refractivity contribution < 1.29 is 9.21 Å². The second-order valence-electron chi connectivity index (χ2n) is 8.21. The fourth-order valence-electron chi connectivity index (χ4n) is 4.23. The molecule has 1 aromatic carbocycles. The Morgan fingerprint density at radius 1 is 1.12 bits per heavy atom. The van der Waals surface area contributed by atoms with E-state index in [1.807, 2.05) is 42.5 Å². The molecule has 0 atom stereocenters. The molecule has 0 radical (unpaired) electrons. The summed E-state index contributed by atoms with van der Waals surface area (Å²) in [6.45, 7) is 0.936. The molecule has 6 nitrogen and oxygen atoms in total. The maximum atomic E-state index is 13.0. The summed E-state index contributed by atoms with van der Waals surface area (Å²) in [5, 5.41) is 0.770. The minimum atomic E-state index is -0.0511. The van der Waals surface area contributed by atoms with Gasteiger partial charge < -0.3 is 14.3 Å². The quantitative estimate of drug-likeness (QED) is 0.388. The lowest BCUT2D eigenvalue weighted by molar-refractivity contribution is -0.129. The molecular weight excluding hydrogens is 454 g/mol. The SMILES string of the molecule is O=C(CSCc1nc2sc3c(c2c(=O)[nH]1)CCCC3)N(Cc1ccccc1)Cc1ccco1. The smallest absolute Gasteiger partial charge is 0.259 e. The molecule has 0 saturated heterocycles. The number of aromatic amines is 1. The van der Waals surface area contributed by atoms with Crippen molar-refractivity contribution in [3.63, 3.8) is 0 Å². The Morgan fingerprint density at radius 3 is 2.79 bits per heavy atom. The second kappa shape index (κ2) is 9.97. The van der Waals surface area contributed by atoms with Crippen LogP contribution >= 0.6 is 23.1 Å². The van der Waals surface area contributed by atoms with Gasteiger partial charge in [-0.2, -0.15) is 0 Å². The predicted molar refractivity (Wildman–Crippen MR) is 132 cm³/mol. The number of thioether (sulfide) groups is 1. The van der Waals surface area contributed by atoms with Crippen LogP contribution in [0.3, 0.4) is 0 Å². The van der Waals surface area contributed by atoms with Crippen LogP contribution in [0.15, 0.2) is 57.9 Å². The highest BCUT2D eigenvalue weighted by Crippen LogP contribution is 2.33. The topological polar surface area (TPSA) is 79.2 Å². The van der Waals surface area contributed by atoms with Gasteiger partial charge in [0.25, 0.3) is 5.56 Å². The van der Waals surface area contributed by atoms with Crippen molar-refractivity contribution in [3.05, 3.63) is 86.7 Å². The number of rotatable bonds is 8. The van der Waals surface area contributed by atoms with Crippen molar-refractivity contribution in [2.75, 3.05) is 5.75 Å². The Morgan fingerprint density at radius 2 is 1.97 bits per heavy atom. The molecule has 0 fully saturated rings. The van der Waals surface area contributed by atoms with Crippen LogP contribution in [0.4, 0.5) is 0 Å². The number of aromatic nitrogens is 2. The lowest BCUT2D eigenvalue weighted by Gasteiger charge is -2.21. The van der Waals surface area contributed by atoms with Gasteiger partial charge in [0.15, 0.2) is 0 Å². The van der Waals surface area contributed by atoms with Gasteiger partial charge in [-0.15, -0.1) is 23.1 Å². The summed E-state index contributed by atoms with van der Waals surface area (Å²) in [6.07, 6.45) is 5.95. The highest BCUT2D eigenvalue weighted by atomic mass is 32.2. The van der Waals surface area contributed by atoms with Crippen LogP contribution in [0.25, 0.3) is 10.2 Å². The normalized spacial score (nSPS) is 13.2. The van der Waals surface area contributed by atoms with Crippen molar-refractivity contribution in [2.45, 2.75) is 44.5 Å². The maximum absolute atomic E-state index is 13.0. The summed E-state index contributed by atoms with van der Waals surface area (Å²) in [4.78, 5) is 37.4. The van der Waals surface area contributed by atoms with Gasteiger partial charge in [-0.3, -0.25) is 9.59 Å². The molecule has 1 aliphatic carbocycles. The van der Waals surface area contributed by atoms with Gasteiger partial charge in [-0.25, -0.2) is 4.98 Å². The van der Waals surface area contributed by atoms with E-state index in [1.165, 1.54) is 28.6 Å². The molecule has 1 amide bonds. The second-order valence-corrected chi connectivity index (χ2v) is 10.3. The molecule has 1 N–H and O–H groups in total. The highest BCUT2D eigenvalue weighted by molar-refractivity contribution is 7.99. The number of nitrogens with one attached hydrogen (secondary N) is 1. The van der Waals surface area contributed by atoms with E-state index in [0.29, 0.717) is 30.4 Å². The van der Waals surface area contributed by atoms with E-state index in [9.17, 15) is 9.59 Å². The first-order chi connectivity index (χ1) is 16.2. The average molecular weight is 480 g/mol. The van der Waals surface area contributed by atoms with Crippen molar-refractivity contribution in [1.82, 2.24) is 14.9 Å². The van der Waals surface area contributed by atoms with E-state index < -0.39 is 0 Å². The van der Waals surface area contributed by atoms with E-state index in [0.717, 1.165) is 40.8 Å². The van der Waals surface area contributed by atoms with Gasteiger partial charge in [0, 0.05) is 11.4 Å². The first-order valence-corrected chi connectivity index (χ1v) is 13.1. The predicted octanol–water partition coefficient (Wildman–Crippen LogP) is 4.92. The Kier molecular flexibility index (Phi) is 6.64. The molecule has 3 aromatic heterocycles. The number of benzene rings is 1. The number of furan rings is 1. The van der Waals surface area contributed by atoms with Crippen molar-refractivity contribution >= 4 is 39.2 Å². The van der Waals surface area contributed by atoms with Gasteiger partial charge >= 0.3 is 0 Å². The molecule has 0 aliphatic heterocycles. The molecule has 0 unspecified atom stereocenters. The first-order valence-electron chi connectivity index (χ1n) is 11.1. The summed E-state index contributed by atoms with van der Waals surface area (Å²) in [7, 11) is 0. The Hall–Kier alpha value is -2.84. The molecule has 170 valence electrons. The van der Waals surface area contributed by atoms with Gasteiger partial charge in [-0.05, 0) is 48.9 Å². The third-order valence-corrected chi connectivity index (χ3v) is 7.95. The maximum Gasteiger partial charge on any atom is 0.259 e. The number of H-pyrrole nitrogens is 1. The van der Waals surface area contributed by atoms with Crippen LogP contribution in [0.2, 0.25) is 0 Å². The Labute approximate surface area is 200 Å². The zero-order chi connectivity index (χ0) is 22.6. The fourth-order valence-corrected chi connectivity index (χ4v) is 6.30. The lowest BCUT2D eigenvalue weighted by atomic mass is 9.97. The van der Waals surface area contributed by atoms with Crippen LogP contribution in [0.5, 0.6) is 0 Å². The average Bonchev–Trinajstić information content (AvgIpc) is 3.47. The Bertz CT molecular complexity index is 1300. The van der Waals surface area contributed by atoms with E-state index >= 15 is 0 Å². The van der Waals surface area contributed by atoms with Crippen LogP contribution in [0.1, 0.15) is 40.4 Å². The largest absolute Gasteiger partial charge is 0.467 e. The molecule has 5 rings (SSSR count). The lowest BCUT2D eigenvalue weighted by Crippen LogP contribution is -2.31. The fraction of sp³-hybridized carbons (Fsp3) is 0.320. The third-order valence-electron chi connectivity index (χ3n) is 5.83. The summed E-state index contributed by atoms with van der Waals surface area (Å²) < 4.78 is 5.46. The number of fused-ring (bicyclic) bond motifs is 3. The number of hydrogen-bond acceptors (Lipinski definition) is 6.